The van der Waals surface area contributed by atoms with Crippen LogP contribution in [0.4, 0.5) is 0 Å². The molecular formula is C28H38O4S2. The summed E-state index contributed by atoms with van der Waals surface area (Å²) in [7, 11) is 0. The van der Waals surface area contributed by atoms with E-state index in [1.807, 2.05) is 50.3 Å². The predicted octanol–water partition coefficient (Wildman–Crippen LogP) is 7.37. The number of Topliss-reactive ketones (excluding diaryl/α,β-unsaturated/α-hetero) is 2. The Balaban J connectivity index is 1.92. The Bertz CT molecular complexity index is 954. The van der Waals surface area contributed by atoms with E-state index in [0.29, 0.717) is 11.5 Å². The molecule has 0 bridgehead atoms. The Kier molecular flexibility index (Phi) is 7.43. The smallest absolute Gasteiger partial charge is 0.166 e. The summed E-state index contributed by atoms with van der Waals surface area (Å²) in [4.78, 5) is 26.7. The number of carbonyl (C=O) groups is 2. The van der Waals surface area contributed by atoms with Crippen molar-refractivity contribution in [3.8, 4) is 0 Å². The maximum atomic E-state index is 13.3. The fraction of sp³-hybridized carbons (Fsp3) is 0.571. The maximum Gasteiger partial charge on any atom is 0.166 e. The largest absolute Gasteiger partial charge is 0.330 e. The second kappa shape index (κ2) is 9.27. The van der Waals surface area contributed by atoms with Crippen molar-refractivity contribution in [3.63, 3.8) is 0 Å². The van der Waals surface area contributed by atoms with Crippen molar-refractivity contribution in [2.75, 3.05) is 11.5 Å². The normalized spacial score (nSPS) is 35.0. The lowest BCUT2D eigenvalue weighted by Crippen LogP contribution is -2.39. The number of allylic oxidation sites excluding steroid dienone is 2. The number of hydrogen-bond acceptors (Lipinski definition) is 6. The third-order valence-electron chi connectivity index (χ3n) is 9.76. The van der Waals surface area contributed by atoms with Gasteiger partial charge in [0.2, 0.25) is 0 Å². The van der Waals surface area contributed by atoms with Gasteiger partial charge in [-0.25, -0.2) is 0 Å². The van der Waals surface area contributed by atoms with Crippen molar-refractivity contribution >= 4 is 47.8 Å². The first kappa shape index (κ1) is 27.3. The predicted molar refractivity (Wildman–Crippen MR) is 145 cm³/mol. The SMILES string of the molecule is CC1/C(=C/c2ccc(/C=C3\C(=O)C(C)(CSO)C(C)(C)C3C)cc2)C(=O)C(C)(CSO)C1(C)C. The molecule has 2 N–H and O–H groups in total. The minimum Gasteiger partial charge on any atom is -0.330 e. The monoisotopic (exact) mass is 502 g/mol. The number of ketones is 2. The molecule has 0 aliphatic heterocycles. The molecule has 3 rings (SSSR count). The lowest BCUT2D eigenvalue weighted by atomic mass is 9.67. The Morgan fingerprint density at radius 3 is 1.26 bits per heavy atom. The van der Waals surface area contributed by atoms with Gasteiger partial charge in [0.25, 0.3) is 0 Å². The summed E-state index contributed by atoms with van der Waals surface area (Å²) < 4.78 is 19.0. The molecule has 4 unspecified atom stereocenters. The van der Waals surface area contributed by atoms with Crippen LogP contribution in [0.3, 0.4) is 0 Å². The highest BCUT2D eigenvalue weighted by molar-refractivity contribution is 7.94. The molecular weight excluding hydrogens is 464 g/mol. The molecule has 34 heavy (non-hydrogen) atoms. The minimum atomic E-state index is -0.618. The first-order chi connectivity index (χ1) is 15.7. The summed E-state index contributed by atoms with van der Waals surface area (Å²) in [5, 5.41) is 0. The van der Waals surface area contributed by atoms with Crippen molar-refractivity contribution in [2.24, 2.45) is 33.5 Å². The molecule has 2 aliphatic carbocycles. The van der Waals surface area contributed by atoms with E-state index in [9.17, 15) is 18.7 Å². The van der Waals surface area contributed by atoms with Gasteiger partial charge in [-0.05, 0) is 81.2 Å². The van der Waals surface area contributed by atoms with Gasteiger partial charge in [-0.15, -0.1) is 0 Å². The number of carbonyl (C=O) groups excluding carboxylic acids is 2. The van der Waals surface area contributed by atoms with Gasteiger partial charge in [-0.3, -0.25) is 9.59 Å². The van der Waals surface area contributed by atoms with Crippen LogP contribution in [0.5, 0.6) is 0 Å². The van der Waals surface area contributed by atoms with Gasteiger partial charge < -0.3 is 9.11 Å². The van der Waals surface area contributed by atoms with E-state index in [4.69, 9.17) is 0 Å². The zero-order chi connectivity index (χ0) is 25.7. The van der Waals surface area contributed by atoms with Crippen LogP contribution in [-0.4, -0.2) is 32.2 Å². The van der Waals surface area contributed by atoms with E-state index in [1.54, 1.807) is 0 Å². The zero-order valence-corrected chi connectivity index (χ0v) is 23.2. The molecule has 0 spiro atoms. The van der Waals surface area contributed by atoms with Crippen LogP contribution in [0.2, 0.25) is 0 Å². The Labute approximate surface area is 213 Å². The number of hydrogen-bond donors (Lipinski definition) is 2. The summed E-state index contributed by atoms with van der Waals surface area (Å²) in [6.07, 6.45) is 3.95. The Morgan fingerprint density at radius 1 is 0.706 bits per heavy atom. The third-order valence-corrected chi connectivity index (χ3v) is 11.2. The van der Waals surface area contributed by atoms with Crippen LogP contribution in [0.15, 0.2) is 35.4 Å². The van der Waals surface area contributed by atoms with Crippen molar-refractivity contribution in [1.82, 2.24) is 0 Å². The third kappa shape index (κ3) is 3.95. The zero-order valence-electron chi connectivity index (χ0n) is 21.6. The van der Waals surface area contributed by atoms with Crippen molar-refractivity contribution in [1.29, 1.82) is 0 Å². The van der Waals surface area contributed by atoms with E-state index in [-0.39, 0.29) is 34.2 Å². The fourth-order valence-corrected chi connectivity index (χ4v) is 7.06. The van der Waals surface area contributed by atoms with Crippen molar-refractivity contribution in [2.45, 2.75) is 55.4 Å². The van der Waals surface area contributed by atoms with Crippen LogP contribution in [0.25, 0.3) is 12.2 Å². The van der Waals surface area contributed by atoms with E-state index in [0.717, 1.165) is 46.4 Å². The van der Waals surface area contributed by atoms with Gasteiger partial charge in [0.15, 0.2) is 11.6 Å². The highest BCUT2D eigenvalue weighted by atomic mass is 32.2. The van der Waals surface area contributed by atoms with Gasteiger partial charge in [-0.2, -0.15) is 0 Å². The molecule has 2 fully saturated rings. The fourth-order valence-electron chi connectivity index (χ4n) is 5.54. The summed E-state index contributed by atoms with van der Waals surface area (Å²) in [6.45, 7) is 16.5. The topological polar surface area (TPSA) is 74.6 Å². The quantitative estimate of drug-likeness (QED) is 0.312. The minimum absolute atomic E-state index is 0.0696. The van der Waals surface area contributed by atoms with Crippen LogP contribution < -0.4 is 0 Å². The highest BCUT2D eigenvalue weighted by Gasteiger charge is 2.59. The first-order valence-electron chi connectivity index (χ1n) is 11.8. The van der Waals surface area contributed by atoms with Crippen molar-refractivity contribution < 1.29 is 18.7 Å². The molecule has 4 nitrogen and oxygen atoms in total. The van der Waals surface area contributed by atoms with Crippen molar-refractivity contribution in [3.05, 3.63) is 46.5 Å². The van der Waals surface area contributed by atoms with Gasteiger partial charge in [-0.1, -0.05) is 79.7 Å². The molecule has 1 aromatic carbocycles. The van der Waals surface area contributed by atoms with Gasteiger partial charge in [0.1, 0.15) is 0 Å². The maximum absolute atomic E-state index is 13.3. The molecule has 0 radical (unpaired) electrons. The molecule has 2 saturated carbocycles. The molecule has 186 valence electrons. The summed E-state index contributed by atoms with van der Waals surface area (Å²) in [5.74, 6) is 1.10. The molecule has 0 aromatic heterocycles. The molecule has 0 heterocycles. The van der Waals surface area contributed by atoms with E-state index < -0.39 is 10.8 Å². The van der Waals surface area contributed by atoms with E-state index >= 15 is 0 Å². The second-order valence-corrected chi connectivity index (χ2v) is 12.7. The van der Waals surface area contributed by atoms with Crippen LogP contribution in [0, 0.1) is 33.5 Å². The average molecular weight is 503 g/mol. The van der Waals surface area contributed by atoms with Gasteiger partial charge in [0.05, 0.1) is 0 Å². The number of rotatable bonds is 6. The standard InChI is InChI=1S/C28H38O4S2/c1-17-21(23(29)27(7,15-33-31)25(17,3)4)13-19-9-11-20(12-10-19)14-22-18(2)26(5,6)28(8,16-34-32)24(22)30/h9-14,17-18,31-32H,15-16H2,1-8H3/b21-13-,22-14-. The van der Waals surface area contributed by atoms with E-state index in [1.165, 1.54) is 0 Å². The highest BCUT2D eigenvalue weighted by Crippen LogP contribution is 2.58. The molecule has 4 atom stereocenters. The van der Waals surface area contributed by atoms with Gasteiger partial charge in [0, 0.05) is 22.3 Å². The van der Waals surface area contributed by atoms with Crippen LogP contribution >= 0.6 is 24.1 Å². The summed E-state index contributed by atoms with van der Waals surface area (Å²) >= 11 is 1.47. The molecule has 0 saturated heterocycles. The molecule has 0 amide bonds. The molecule has 1 aromatic rings. The van der Waals surface area contributed by atoms with Crippen LogP contribution in [-0.2, 0) is 9.59 Å². The summed E-state index contributed by atoms with van der Waals surface area (Å²) in [6, 6.07) is 7.95. The first-order valence-corrected chi connectivity index (χ1v) is 13.7. The van der Waals surface area contributed by atoms with Crippen LogP contribution in [0.1, 0.15) is 66.5 Å². The summed E-state index contributed by atoms with van der Waals surface area (Å²) in [5.41, 5.74) is 1.73. The molecule has 2 aliphatic rings. The number of benzene rings is 1. The Hall–Kier alpha value is -1.34. The van der Waals surface area contributed by atoms with Gasteiger partial charge >= 0.3 is 0 Å². The van der Waals surface area contributed by atoms with E-state index in [2.05, 4.69) is 41.5 Å². The lowest BCUT2D eigenvalue weighted by molar-refractivity contribution is -0.125. The second-order valence-electron chi connectivity index (χ2n) is 11.6. The average Bonchev–Trinajstić information content (AvgIpc) is 2.98. The molecule has 6 heteroatoms. The lowest BCUT2D eigenvalue weighted by Gasteiger charge is -2.38. The Morgan fingerprint density at radius 2 is 1.00 bits per heavy atom.